The van der Waals surface area contributed by atoms with Crippen LogP contribution >= 0.6 is 0 Å². The number of carboxylic acid groups (broad SMARTS) is 1. The van der Waals surface area contributed by atoms with Crippen LogP contribution in [0.1, 0.15) is 21.8 Å². The summed E-state index contributed by atoms with van der Waals surface area (Å²) in [6.07, 6.45) is 0. The highest BCUT2D eigenvalue weighted by Gasteiger charge is 2.16. The Hall–Kier alpha value is -2.83. The molecule has 0 aliphatic heterocycles. The van der Waals surface area contributed by atoms with E-state index in [4.69, 9.17) is 14.4 Å². The number of carboxylic acids is 1. The largest absolute Gasteiger partial charge is 0.482 e. The molecule has 1 amide bonds. The van der Waals surface area contributed by atoms with E-state index in [1.807, 2.05) is 0 Å². The average molecular weight is 304 g/mol. The number of benzene rings is 1. The van der Waals surface area contributed by atoms with Gasteiger partial charge in [-0.25, -0.2) is 4.79 Å². The van der Waals surface area contributed by atoms with Crippen LogP contribution in [0.2, 0.25) is 0 Å². The van der Waals surface area contributed by atoms with Crippen LogP contribution in [0.5, 0.6) is 5.75 Å². The molecule has 1 aromatic carbocycles. The van der Waals surface area contributed by atoms with Gasteiger partial charge in [0.1, 0.15) is 5.75 Å². The molecule has 0 atom stereocenters. The van der Waals surface area contributed by atoms with Crippen molar-refractivity contribution in [1.29, 1.82) is 0 Å². The number of ether oxygens (including phenoxy) is 1. The number of aryl methyl sites for hydroxylation is 1. The fraction of sp³-hybridized carbons (Fsp3) is 0.267. The van der Waals surface area contributed by atoms with Crippen LogP contribution in [0.15, 0.2) is 34.9 Å². The molecule has 7 nitrogen and oxygen atoms in total. The van der Waals surface area contributed by atoms with Gasteiger partial charge in [0.2, 0.25) is 5.76 Å². The third kappa shape index (κ3) is 4.08. The fourth-order valence-electron chi connectivity index (χ4n) is 1.83. The first-order valence-electron chi connectivity index (χ1n) is 6.58. The highest BCUT2D eigenvalue weighted by molar-refractivity contribution is 5.91. The number of rotatable bonds is 6. The zero-order valence-electron chi connectivity index (χ0n) is 12.3. The number of aromatic nitrogens is 1. The zero-order valence-corrected chi connectivity index (χ0v) is 12.3. The van der Waals surface area contributed by atoms with Gasteiger partial charge in [-0.3, -0.25) is 4.79 Å². The maximum atomic E-state index is 12.1. The summed E-state index contributed by atoms with van der Waals surface area (Å²) in [6, 6.07) is 8.45. The highest BCUT2D eigenvalue weighted by atomic mass is 16.5. The van der Waals surface area contributed by atoms with E-state index < -0.39 is 5.97 Å². The van der Waals surface area contributed by atoms with Gasteiger partial charge in [-0.1, -0.05) is 17.3 Å². The second-order valence-electron chi connectivity index (χ2n) is 4.82. The van der Waals surface area contributed by atoms with Crippen LogP contribution in [0, 0.1) is 6.92 Å². The SMILES string of the molecule is Cc1cc(C(=O)N(C)Cc2ccc(OCC(=O)O)cc2)on1. The molecule has 0 radical (unpaired) electrons. The highest BCUT2D eigenvalue weighted by Crippen LogP contribution is 2.14. The monoisotopic (exact) mass is 304 g/mol. The molecule has 7 heteroatoms. The lowest BCUT2D eigenvalue weighted by molar-refractivity contribution is -0.139. The Kier molecular flexibility index (Phi) is 4.77. The minimum atomic E-state index is -1.03. The molecule has 116 valence electrons. The van der Waals surface area contributed by atoms with Crippen LogP contribution in [0.3, 0.4) is 0 Å². The smallest absolute Gasteiger partial charge is 0.341 e. The summed E-state index contributed by atoms with van der Waals surface area (Å²) in [6.45, 7) is 1.75. The first kappa shape index (κ1) is 15.6. The Balaban J connectivity index is 1.95. The quantitative estimate of drug-likeness (QED) is 0.873. The van der Waals surface area contributed by atoms with Gasteiger partial charge in [0, 0.05) is 19.7 Å². The van der Waals surface area contributed by atoms with Crippen LogP contribution in [-0.4, -0.2) is 40.7 Å². The maximum Gasteiger partial charge on any atom is 0.341 e. The van der Waals surface area contributed by atoms with Crippen molar-refractivity contribution in [2.45, 2.75) is 13.5 Å². The molecule has 0 spiro atoms. The number of amides is 1. The second kappa shape index (κ2) is 6.75. The van der Waals surface area contributed by atoms with Crippen molar-refractivity contribution < 1.29 is 24.0 Å². The Morgan fingerprint density at radius 1 is 1.32 bits per heavy atom. The third-order valence-electron chi connectivity index (χ3n) is 2.89. The van der Waals surface area contributed by atoms with E-state index in [1.54, 1.807) is 44.3 Å². The molecule has 2 aromatic rings. The Morgan fingerprint density at radius 3 is 2.55 bits per heavy atom. The molecule has 0 aliphatic rings. The van der Waals surface area contributed by atoms with Gasteiger partial charge in [0.25, 0.3) is 5.91 Å². The zero-order chi connectivity index (χ0) is 16.1. The maximum absolute atomic E-state index is 12.1. The predicted octanol–water partition coefficient (Wildman–Crippen LogP) is 1.72. The van der Waals surface area contributed by atoms with Crippen molar-refractivity contribution in [2.24, 2.45) is 0 Å². The van der Waals surface area contributed by atoms with Gasteiger partial charge < -0.3 is 19.3 Å². The van der Waals surface area contributed by atoms with Crippen molar-refractivity contribution in [3.05, 3.63) is 47.3 Å². The minimum absolute atomic E-state index is 0.196. The van der Waals surface area contributed by atoms with E-state index in [9.17, 15) is 9.59 Å². The lowest BCUT2D eigenvalue weighted by Crippen LogP contribution is -2.25. The molecule has 1 aromatic heterocycles. The summed E-state index contributed by atoms with van der Waals surface area (Å²) in [5.74, 6) is -0.629. The summed E-state index contributed by atoms with van der Waals surface area (Å²) in [7, 11) is 1.66. The Labute approximate surface area is 127 Å². The van der Waals surface area contributed by atoms with Gasteiger partial charge in [-0.2, -0.15) is 0 Å². The van der Waals surface area contributed by atoms with Gasteiger partial charge in [0.15, 0.2) is 6.61 Å². The number of carbonyl (C=O) groups excluding carboxylic acids is 1. The topological polar surface area (TPSA) is 92.9 Å². The summed E-state index contributed by atoms with van der Waals surface area (Å²) in [4.78, 5) is 24.0. The van der Waals surface area contributed by atoms with Crippen molar-refractivity contribution in [1.82, 2.24) is 10.1 Å². The first-order valence-corrected chi connectivity index (χ1v) is 6.58. The molecular weight excluding hydrogens is 288 g/mol. The van der Waals surface area contributed by atoms with Gasteiger partial charge >= 0.3 is 5.97 Å². The molecule has 0 aliphatic carbocycles. The number of nitrogens with zero attached hydrogens (tertiary/aromatic N) is 2. The number of hydrogen-bond acceptors (Lipinski definition) is 5. The van der Waals surface area contributed by atoms with E-state index >= 15 is 0 Å². The number of carbonyl (C=O) groups is 2. The standard InChI is InChI=1S/C15H16N2O5/c1-10-7-13(22-16-10)15(20)17(2)8-11-3-5-12(6-4-11)21-9-14(18)19/h3-7H,8-9H2,1-2H3,(H,18,19). The summed E-state index contributed by atoms with van der Waals surface area (Å²) in [5.41, 5.74) is 1.53. The minimum Gasteiger partial charge on any atom is -0.482 e. The normalized spacial score (nSPS) is 10.3. The molecule has 1 heterocycles. The molecular formula is C15H16N2O5. The lowest BCUT2D eigenvalue weighted by atomic mass is 10.2. The molecule has 1 N–H and O–H groups in total. The second-order valence-corrected chi connectivity index (χ2v) is 4.82. The van der Waals surface area contributed by atoms with E-state index in [0.29, 0.717) is 18.0 Å². The van der Waals surface area contributed by atoms with E-state index in [0.717, 1.165) is 5.56 Å². The van der Waals surface area contributed by atoms with Crippen molar-refractivity contribution >= 4 is 11.9 Å². The molecule has 0 saturated heterocycles. The van der Waals surface area contributed by atoms with Crippen molar-refractivity contribution in [3.63, 3.8) is 0 Å². The van der Waals surface area contributed by atoms with Crippen molar-refractivity contribution in [2.75, 3.05) is 13.7 Å². The number of aliphatic carboxylic acids is 1. The van der Waals surface area contributed by atoms with Crippen molar-refractivity contribution in [3.8, 4) is 5.75 Å². The molecule has 2 rings (SSSR count). The molecule has 0 bridgehead atoms. The number of hydrogen-bond donors (Lipinski definition) is 1. The Morgan fingerprint density at radius 2 is 2.00 bits per heavy atom. The van der Waals surface area contributed by atoms with Gasteiger partial charge in [-0.05, 0) is 24.6 Å². The first-order chi connectivity index (χ1) is 10.5. The van der Waals surface area contributed by atoms with Crippen LogP contribution in [-0.2, 0) is 11.3 Å². The van der Waals surface area contributed by atoms with E-state index in [2.05, 4.69) is 5.16 Å². The van der Waals surface area contributed by atoms with Gasteiger partial charge in [-0.15, -0.1) is 0 Å². The average Bonchev–Trinajstić information content (AvgIpc) is 2.92. The van der Waals surface area contributed by atoms with Crippen LogP contribution in [0.4, 0.5) is 0 Å². The van der Waals surface area contributed by atoms with Crippen LogP contribution < -0.4 is 4.74 Å². The lowest BCUT2D eigenvalue weighted by Gasteiger charge is -2.15. The Bertz CT molecular complexity index is 663. The third-order valence-corrected chi connectivity index (χ3v) is 2.89. The predicted molar refractivity (Wildman–Crippen MR) is 76.6 cm³/mol. The van der Waals surface area contributed by atoms with Gasteiger partial charge in [0.05, 0.1) is 5.69 Å². The molecule has 0 saturated carbocycles. The fourth-order valence-corrected chi connectivity index (χ4v) is 1.83. The summed E-state index contributed by atoms with van der Waals surface area (Å²) in [5, 5.41) is 12.2. The van der Waals surface area contributed by atoms with E-state index in [1.165, 1.54) is 4.90 Å². The van der Waals surface area contributed by atoms with E-state index in [-0.39, 0.29) is 18.3 Å². The van der Waals surface area contributed by atoms with Crippen LogP contribution in [0.25, 0.3) is 0 Å². The molecule has 0 fully saturated rings. The molecule has 22 heavy (non-hydrogen) atoms. The molecule has 0 unspecified atom stereocenters. The summed E-state index contributed by atoms with van der Waals surface area (Å²) < 4.78 is 9.99. The summed E-state index contributed by atoms with van der Waals surface area (Å²) >= 11 is 0.